The standard InChI is InChI=1S/C36H38N2O6S/c39-23-25-12-14-27(15-13-25)32-21-30(24-45-34-10-5-6-20-37-34)43-36(44-32)28-18-16-26(17-19-28)31-8-2-1-7-29(31)22-38-33(40)9-3-4-11-35(41)42/h1-2,5-8,10,12-20,30,32,36,39H,3-4,9,11,21-24H2,(H,38,40)(H,41,42)/t30-,32+,36+/m0/s1. The van der Waals surface area contributed by atoms with E-state index in [0.29, 0.717) is 32.2 Å². The fourth-order valence-corrected chi connectivity index (χ4v) is 6.13. The second kappa shape index (κ2) is 16.3. The van der Waals surface area contributed by atoms with Gasteiger partial charge < -0.3 is 25.0 Å². The number of ether oxygens (including phenoxy) is 2. The number of carboxylic acid groups (broad SMARTS) is 1. The number of nitrogens with one attached hydrogen (secondary N) is 1. The van der Waals surface area contributed by atoms with Crippen molar-refractivity contribution in [3.8, 4) is 11.1 Å². The quantitative estimate of drug-likeness (QED) is 0.103. The molecule has 3 aromatic carbocycles. The molecule has 5 rings (SSSR count). The zero-order chi connectivity index (χ0) is 31.4. The van der Waals surface area contributed by atoms with Crippen molar-refractivity contribution >= 4 is 23.6 Å². The number of amides is 1. The van der Waals surface area contributed by atoms with Crippen LogP contribution in [0.15, 0.2) is 102 Å². The zero-order valence-electron chi connectivity index (χ0n) is 25.0. The summed E-state index contributed by atoms with van der Waals surface area (Å²) in [6, 6.07) is 29.9. The number of thioether (sulfide) groups is 1. The molecule has 3 atom stereocenters. The maximum absolute atomic E-state index is 12.3. The zero-order valence-corrected chi connectivity index (χ0v) is 25.8. The van der Waals surface area contributed by atoms with Gasteiger partial charge in [0, 0.05) is 43.3 Å². The monoisotopic (exact) mass is 626 g/mol. The molecule has 1 fully saturated rings. The first-order valence-electron chi connectivity index (χ1n) is 15.2. The largest absolute Gasteiger partial charge is 0.481 e. The molecule has 4 aromatic rings. The van der Waals surface area contributed by atoms with Crippen molar-refractivity contribution in [2.45, 2.75) is 68.8 Å². The highest BCUT2D eigenvalue weighted by Crippen LogP contribution is 2.40. The van der Waals surface area contributed by atoms with E-state index in [1.807, 2.05) is 91.0 Å². The molecule has 0 aliphatic carbocycles. The summed E-state index contributed by atoms with van der Waals surface area (Å²) in [7, 11) is 0. The van der Waals surface area contributed by atoms with Crippen molar-refractivity contribution < 1.29 is 29.3 Å². The van der Waals surface area contributed by atoms with Gasteiger partial charge in [-0.2, -0.15) is 0 Å². The molecule has 0 radical (unpaired) electrons. The van der Waals surface area contributed by atoms with Gasteiger partial charge in [0.2, 0.25) is 5.91 Å². The maximum atomic E-state index is 12.3. The highest BCUT2D eigenvalue weighted by Gasteiger charge is 2.32. The SMILES string of the molecule is O=C(O)CCCCC(=O)NCc1ccccc1-c1ccc([C@@H]2O[C@H](CSc3ccccn3)C[C@H](c3ccc(CO)cc3)O2)cc1. The molecule has 45 heavy (non-hydrogen) atoms. The molecule has 0 saturated carbocycles. The Morgan fingerprint density at radius 3 is 2.33 bits per heavy atom. The minimum absolute atomic E-state index is 0.00265. The molecular weight excluding hydrogens is 588 g/mol. The van der Waals surface area contributed by atoms with Crippen molar-refractivity contribution in [2.24, 2.45) is 0 Å². The van der Waals surface area contributed by atoms with Gasteiger partial charge in [-0.25, -0.2) is 4.98 Å². The summed E-state index contributed by atoms with van der Waals surface area (Å²) in [4.78, 5) is 27.5. The third-order valence-corrected chi connectivity index (χ3v) is 8.78. The maximum Gasteiger partial charge on any atom is 0.303 e. The van der Waals surface area contributed by atoms with Crippen molar-refractivity contribution in [1.82, 2.24) is 10.3 Å². The number of aliphatic hydroxyl groups is 1. The number of nitrogens with zero attached hydrogens (tertiary/aromatic N) is 1. The average Bonchev–Trinajstić information content (AvgIpc) is 3.09. The van der Waals surface area contributed by atoms with E-state index in [0.717, 1.165) is 44.2 Å². The Labute approximate surface area is 267 Å². The van der Waals surface area contributed by atoms with Crippen LogP contribution in [0.25, 0.3) is 11.1 Å². The number of carboxylic acids is 1. The fourth-order valence-electron chi connectivity index (χ4n) is 5.25. The predicted molar refractivity (Wildman–Crippen MR) is 173 cm³/mol. The lowest BCUT2D eigenvalue weighted by Gasteiger charge is -2.36. The Hall–Kier alpha value is -4.02. The van der Waals surface area contributed by atoms with Crippen LogP contribution in [0.2, 0.25) is 0 Å². The number of benzene rings is 3. The Bertz CT molecular complexity index is 1530. The molecule has 9 heteroatoms. The van der Waals surface area contributed by atoms with E-state index in [1.54, 1.807) is 18.0 Å². The number of rotatable bonds is 14. The number of aliphatic hydroxyl groups excluding tert-OH is 1. The summed E-state index contributed by atoms with van der Waals surface area (Å²) in [5.41, 5.74) is 5.84. The molecule has 0 bridgehead atoms. The normalized spacial score (nSPS) is 17.9. The van der Waals surface area contributed by atoms with Gasteiger partial charge in [0.05, 0.1) is 23.8 Å². The van der Waals surface area contributed by atoms with E-state index in [4.69, 9.17) is 14.6 Å². The van der Waals surface area contributed by atoms with Crippen LogP contribution in [0.5, 0.6) is 0 Å². The van der Waals surface area contributed by atoms with Crippen molar-refractivity contribution in [1.29, 1.82) is 0 Å². The lowest BCUT2D eigenvalue weighted by molar-refractivity contribution is -0.245. The molecule has 1 aliphatic rings. The Morgan fingerprint density at radius 2 is 1.60 bits per heavy atom. The molecule has 1 amide bonds. The number of aliphatic carboxylic acids is 1. The minimum Gasteiger partial charge on any atom is -0.481 e. The van der Waals surface area contributed by atoms with E-state index in [9.17, 15) is 14.7 Å². The van der Waals surface area contributed by atoms with E-state index in [2.05, 4.69) is 10.3 Å². The second-order valence-corrected chi connectivity index (χ2v) is 12.0. The Balaban J connectivity index is 1.27. The Morgan fingerprint density at radius 1 is 0.867 bits per heavy atom. The van der Waals surface area contributed by atoms with Crippen molar-refractivity contribution in [3.05, 3.63) is 119 Å². The molecule has 1 aliphatic heterocycles. The smallest absolute Gasteiger partial charge is 0.303 e. The molecule has 3 N–H and O–H groups in total. The average molecular weight is 627 g/mol. The van der Waals surface area contributed by atoms with Crippen molar-refractivity contribution in [3.63, 3.8) is 0 Å². The summed E-state index contributed by atoms with van der Waals surface area (Å²) in [6.07, 6.45) is 3.12. The molecule has 2 heterocycles. The molecule has 1 saturated heterocycles. The van der Waals surface area contributed by atoms with Crippen LogP contribution in [0.4, 0.5) is 0 Å². The predicted octanol–water partition coefficient (Wildman–Crippen LogP) is 6.84. The van der Waals surface area contributed by atoms with Gasteiger partial charge in [0.25, 0.3) is 0 Å². The van der Waals surface area contributed by atoms with Crippen molar-refractivity contribution in [2.75, 3.05) is 5.75 Å². The van der Waals surface area contributed by atoms with Crippen LogP contribution in [-0.2, 0) is 32.2 Å². The van der Waals surface area contributed by atoms with Crippen LogP contribution < -0.4 is 5.32 Å². The highest BCUT2D eigenvalue weighted by atomic mass is 32.2. The first-order valence-corrected chi connectivity index (χ1v) is 16.2. The van der Waals surface area contributed by atoms with E-state index in [1.165, 1.54) is 0 Å². The lowest BCUT2D eigenvalue weighted by Crippen LogP contribution is -2.31. The number of unbranched alkanes of at least 4 members (excludes halogenated alkanes) is 1. The molecule has 0 spiro atoms. The summed E-state index contributed by atoms with van der Waals surface area (Å²) in [5.74, 6) is -0.197. The van der Waals surface area contributed by atoms with Gasteiger partial charge in [-0.15, -0.1) is 11.8 Å². The summed E-state index contributed by atoms with van der Waals surface area (Å²) in [5, 5.41) is 22.2. The highest BCUT2D eigenvalue weighted by molar-refractivity contribution is 7.99. The van der Waals surface area contributed by atoms with Gasteiger partial charge in [0.15, 0.2) is 6.29 Å². The van der Waals surface area contributed by atoms with E-state index in [-0.39, 0.29) is 31.1 Å². The van der Waals surface area contributed by atoms with E-state index >= 15 is 0 Å². The molecular formula is C36H38N2O6S. The first-order chi connectivity index (χ1) is 22.0. The van der Waals surface area contributed by atoms with Crippen LogP contribution in [0.1, 0.15) is 66.8 Å². The third-order valence-electron chi connectivity index (χ3n) is 7.70. The van der Waals surface area contributed by atoms with Crippen LogP contribution >= 0.6 is 11.8 Å². The number of hydrogen-bond donors (Lipinski definition) is 3. The first kappa shape index (κ1) is 32.4. The third kappa shape index (κ3) is 9.48. The summed E-state index contributed by atoms with van der Waals surface area (Å²) < 4.78 is 13.0. The lowest BCUT2D eigenvalue weighted by atomic mass is 9.97. The van der Waals surface area contributed by atoms with Gasteiger partial charge in [-0.05, 0) is 52.8 Å². The number of carbonyl (C=O) groups excluding carboxylic acids is 1. The van der Waals surface area contributed by atoms with Gasteiger partial charge in [0.1, 0.15) is 0 Å². The fraction of sp³-hybridized carbons (Fsp3) is 0.306. The molecule has 0 unspecified atom stereocenters. The van der Waals surface area contributed by atoms with Crippen LogP contribution in [0, 0.1) is 0 Å². The molecule has 1 aromatic heterocycles. The van der Waals surface area contributed by atoms with Crippen LogP contribution in [0.3, 0.4) is 0 Å². The number of aromatic nitrogens is 1. The topological polar surface area (TPSA) is 118 Å². The Kier molecular flexibility index (Phi) is 11.8. The number of pyridine rings is 1. The van der Waals surface area contributed by atoms with Gasteiger partial charge in [-0.1, -0.05) is 78.9 Å². The molecule has 8 nitrogen and oxygen atoms in total. The van der Waals surface area contributed by atoms with E-state index < -0.39 is 12.3 Å². The van der Waals surface area contributed by atoms with Gasteiger partial charge >= 0.3 is 5.97 Å². The number of hydrogen-bond acceptors (Lipinski definition) is 7. The van der Waals surface area contributed by atoms with Gasteiger partial charge in [-0.3, -0.25) is 9.59 Å². The number of carbonyl (C=O) groups is 2. The summed E-state index contributed by atoms with van der Waals surface area (Å²) >= 11 is 1.66. The van der Waals surface area contributed by atoms with Crippen LogP contribution in [-0.4, -0.2) is 38.9 Å². The minimum atomic E-state index is -0.843. The second-order valence-electron chi connectivity index (χ2n) is 11.0. The molecule has 234 valence electrons. The summed E-state index contributed by atoms with van der Waals surface area (Å²) in [6.45, 7) is 0.383.